The zero-order valence-corrected chi connectivity index (χ0v) is 11.8. The Labute approximate surface area is 124 Å². The minimum Gasteiger partial charge on any atom is -0.394 e. The Hall–Kier alpha value is -2.41. The molecule has 1 saturated heterocycles. The van der Waals surface area contributed by atoms with Crippen molar-refractivity contribution in [2.24, 2.45) is 0 Å². The molecule has 2 aromatic rings. The number of ether oxygens (including phenoxy) is 1. The molecule has 0 spiro atoms. The predicted octanol–water partition coefficient (Wildman–Crippen LogP) is -1.29. The van der Waals surface area contributed by atoms with Crippen LogP contribution in [0.25, 0.3) is 11.0 Å². The maximum atomic E-state index is 12.1. The normalized spacial score (nSPS) is 24.4. The fourth-order valence-electron chi connectivity index (χ4n) is 2.50. The molecule has 116 valence electrons. The Kier molecular flexibility index (Phi) is 3.58. The van der Waals surface area contributed by atoms with E-state index in [0.717, 1.165) is 0 Å². The highest BCUT2D eigenvalue weighted by molar-refractivity contribution is 5.81. The summed E-state index contributed by atoms with van der Waals surface area (Å²) >= 11 is 0. The van der Waals surface area contributed by atoms with Crippen LogP contribution < -0.4 is 11.3 Å². The molecule has 5 N–H and O–H groups in total. The van der Waals surface area contributed by atoms with Crippen molar-refractivity contribution in [2.45, 2.75) is 31.8 Å². The zero-order chi connectivity index (χ0) is 15.9. The first-order valence-corrected chi connectivity index (χ1v) is 6.70. The van der Waals surface area contributed by atoms with Gasteiger partial charge < -0.3 is 20.7 Å². The molecule has 0 saturated carbocycles. The third-order valence-corrected chi connectivity index (χ3v) is 3.48. The minimum absolute atomic E-state index is 0.0492. The monoisotopic (exact) mass is 305 g/mol. The number of nitrogens with zero attached hydrogens (tertiary/aromatic N) is 3. The van der Waals surface area contributed by atoms with Gasteiger partial charge in [0.25, 0.3) is 5.56 Å². The third-order valence-electron chi connectivity index (χ3n) is 3.48. The molecule has 3 heterocycles. The zero-order valence-electron chi connectivity index (χ0n) is 11.8. The van der Waals surface area contributed by atoms with Gasteiger partial charge >= 0.3 is 0 Å². The molecule has 9 nitrogen and oxygen atoms in total. The second-order valence-corrected chi connectivity index (χ2v) is 4.93. The van der Waals surface area contributed by atoms with Crippen LogP contribution in [0.1, 0.15) is 25.3 Å². The number of rotatable bonds is 2. The smallest absolute Gasteiger partial charge is 0.264 e. The van der Waals surface area contributed by atoms with Crippen molar-refractivity contribution < 1.29 is 14.9 Å². The fraction of sp³-hybridized carbons (Fsp3) is 0.462. The van der Waals surface area contributed by atoms with Crippen LogP contribution in [0, 0.1) is 11.8 Å². The number of nitrogens with one attached hydrogen (secondary N) is 1. The van der Waals surface area contributed by atoms with Crippen molar-refractivity contribution in [3.8, 4) is 11.8 Å². The third kappa shape index (κ3) is 2.23. The molecule has 3 rings (SSSR count). The summed E-state index contributed by atoms with van der Waals surface area (Å²) in [6.45, 7) is 1.32. The van der Waals surface area contributed by atoms with Gasteiger partial charge in [-0.1, -0.05) is 5.92 Å². The molecule has 0 unspecified atom stereocenters. The number of aromatic nitrogens is 4. The van der Waals surface area contributed by atoms with Crippen LogP contribution in [0.2, 0.25) is 0 Å². The lowest BCUT2D eigenvalue weighted by atomic mass is 10.2. The number of hydrogen-bond acceptors (Lipinski definition) is 7. The van der Waals surface area contributed by atoms with Crippen LogP contribution in [0.5, 0.6) is 0 Å². The second kappa shape index (κ2) is 5.42. The number of anilines is 1. The van der Waals surface area contributed by atoms with Gasteiger partial charge in [-0.3, -0.25) is 9.78 Å². The average Bonchev–Trinajstić information content (AvgIpc) is 3.00. The molecule has 0 bridgehead atoms. The van der Waals surface area contributed by atoms with Crippen LogP contribution in [-0.2, 0) is 4.74 Å². The van der Waals surface area contributed by atoms with Gasteiger partial charge in [-0.2, -0.15) is 10.1 Å². The van der Waals surface area contributed by atoms with Crippen molar-refractivity contribution in [1.29, 1.82) is 0 Å². The number of nitrogens with two attached hydrogens (primary N) is 1. The molecule has 3 atom stereocenters. The van der Waals surface area contributed by atoms with Gasteiger partial charge in [-0.25, -0.2) is 4.68 Å². The Morgan fingerprint density at radius 2 is 2.36 bits per heavy atom. The molecule has 1 fully saturated rings. The molecule has 2 aromatic heterocycles. The van der Waals surface area contributed by atoms with Gasteiger partial charge in [0.1, 0.15) is 11.5 Å². The lowest BCUT2D eigenvalue weighted by Gasteiger charge is -2.12. The van der Waals surface area contributed by atoms with Gasteiger partial charge in [-0.05, 0) is 12.8 Å². The molecule has 1 aliphatic heterocycles. The molecular weight excluding hydrogens is 290 g/mol. The highest BCUT2D eigenvalue weighted by atomic mass is 16.5. The van der Waals surface area contributed by atoms with Crippen molar-refractivity contribution >= 4 is 17.0 Å². The summed E-state index contributed by atoms with van der Waals surface area (Å²) < 4.78 is 6.92. The first kappa shape index (κ1) is 14.5. The Bertz CT molecular complexity index is 831. The SMILES string of the molecule is CC#Cc1nn([C@H]2C[C@H](O)[C@@H](CO)O2)c2nc(N)[nH]c(=O)c12. The van der Waals surface area contributed by atoms with E-state index in [0.29, 0.717) is 0 Å². The molecule has 9 heteroatoms. The maximum absolute atomic E-state index is 12.1. The molecule has 1 aliphatic rings. The van der Waals surface area contributed by atoms with E-state index in [1.807, 2.05) is 0 Å². The average molecular weight is 305 g/mol. The van der Waals surface area contributed by atoms with Crippen LogP contribution in [0.15, 0.2) is 4.79 Å². The number of aliphatic hydroxyl groups excluding tert-OH is 2. The summed E-state index contributed by atoms with van der Waals surface area (Å²) in [6, 6.07) is 0. The lowest BCUT2D eigenvalue weighted by molar-refractivity contribution is -0.0470. The number of H-pyrrole nitrogens is 1. The molecular formula is C13H15N5O4. The summed E-state index contributed by atoms with van der Waals surface area (Å²) in [5.74, 6) is 5.37. The first-order valence-electron chi connectivity index (χ1n) is 6.70. The summed E-state index contributed by atoms with van der Waals surface area (Å²) in [6.07, 6.45) is -1.97. The van der Waals surface area contributed by atoms with E-state index in [1.165, 1.54) is 4.68 Å². The molecule has 0 aliphatic carbocycles. The lowest BCUT2D eigenvalue weighted by Crippen LogP contribution is -2.24. The van der Waals surface area contributed by atoms with E-state index >= 15 is 0 Å². The molecule has 0 amide bonds. The van der Waals surface area contributed by atoms with Crippen molar-refractivity contribution in [2.75, 3.05) is 12.3 Å². The topological polar surface area (TPSA) is 139 Å². The summed E-state index contributed by atoms with van der Waals surface area (Å²) in [7, 11) is 0. The summed E-state index contributed by atoms with van der Waals surface area (Å²) in [5.41, 5.74) is 5.63. The molecule has 0 radical (unpaired) electrons. The predicted molar refractivity (Wildman–Crippen MR) is 76.7 cm³/mol. The summed E-state index contributed by atoms with van der Waals surface area (Å²) in [5, 5.41) is 23.5. The van der Waals surface area contributed by atoms with Crippen molar-refractivity contribution in [3.05, 3.63) is 16.0 Å². The number of aliphatic hydroxyl groups is 2. The van der Waals surface area contributed by atoms with Gasteiger partial charge in [-0.15, -0.1) is 0 Å². The Morgan fingerprint density at radius 3 is 3.00 bits per heavy atom. The van der Waals surface area contributed by atoms with Crippen LogP contribution in [0.3, 0.4) is 0 Å². The van der Waals surface area contributed by atoms with Crippen LogP contribution in [0.4, 0.5) is 5.95 Å². The van der Waals surface area contributed by atoms with Crippen LogP contribution >= 0.6 is 0 Å². The van der Waals surface area contributed by atoms with E-state index in [2.05, 4.69) is 26.9 Å². The number of fused-ring (bicyclic) bond motifs is 1. The Balaban J connectivity index is 2.18. The molecule has 22 heavy (non-hydrogen) atoms. The van der Waals surface area contributed by atoms with Gasteiger partial charge in [0.05, 0.1) is 12.7 Å². The largest absolute Gasteiger partial charge is 0.394 e. The number of nitrogen functional groups attached to an aromatic ring is 1. The van der Waals surface area contributed by atoms with Gasteiger partial charge in [0.2, 0.25) is 5.95 Å². The van der Waals surface area contributed by atoms with Crippen molar-refractivity contribution in [1.82, 2.24) is 19.7 Å². The quantitative estimate of drug-likeness (QED) is 0.506. The van der Waals surface area contributed by atoms with Gasteiger partial charge in [0.15, 0.2) is 17.6 Å². The van der Waals surface area contributed by atoms with Gasteiger partial charge in [0, 0.05) is 6.42 Å². The van der Waals surface area contributed by atoms with Crippen LogP contribution in [-0.4, -0.2) is 48.8 Å². The van der Waals surface area contributed by atoms with E-state index in [9.17, 15) is 9.90 Å². The van der Waals surface area contributed by atoms with Crippen molar-refractivity contribution in [3.63, 3.8) is 0 Å². The van der Waals surface area contributed by atoms with E-state index in [1.54, 1.807) is 6.92 Å². The first-order chi connectivity index (χ1) is 10.5. The number of hydrogen-bond donors (Lipinski definition) is 4. The Morgan fingerprint density at radius 1 is 1.59 bits per heavy atom. The fourth-order valence-corrected chi connectivity index (χ4v) is 2.50. The maximum Gasteiger partial charge on any atom is 0.264 e. The molecule has 0 aromatic carbocycles. The highest BCUT2D eigenvalue weighted by Gasteiger charge is 2.36. The summed E-state index contributed by atoms with van der Waals surface area (Å²) in [4.78, 5) is 18.6. The standard InChI is InChI=1S/C13H15N5O4/c1-2-3-6-10-11(15-13(14)16-12(10)21)18(17-6)9-4-7(20)8(5-19)22-9/h7-9,19-20H,4-5H2,1H3,(H3,14,15,16,21)/t7-,8+,9+/m0/s1. The highest BCUT2D eigenvalue weighted by Crippen LogP contribution is 2.30. The van der Waals surface area contributed by atoms with E-state index in [4.69, 9.17) is 15.6 Å². The second-order valence-electron chi connectivity index (χ2n) is 4.93. The number of aromatic amines is 1. The minimum atomic E-state index is -0.825. The van der Waals surface area contributed by atoms with E-state index < -0.39 is 24.0 Å². The van der Waals surface area contributed by atoms with E-state index in [-0.39, 0.29) is 35.7 Å².